The highest BCUT2D eigenvalue weighted by Gasteiger charge is 2.40. The lowest BCUT2D eigenvalue weighted by molar-refractivity contribution is -0.121. The number of hydrogen-bond acceptors (Lipinski definition) is 3. The molecule has 2 aromatic carbocycles. The van der Waals surface area contributed by atoms with Crippen molar-refractivity contribution in [2.45, 2.75) is 12.3 Å². The number of rotatable bonds is 2. The largest absolute Gasteiger partial charge is 0.397 e. The molecule has 1 saturated heterocycles. The molecule has 20 heavy (non-hydrogen) atoms. The van der Waals surface area contributed by atoms with E-state index in [0.29, 0.717) is 11.4 Å². The highest BCUT2D eigenvalue weighted by atomic mass is 16.2. The van der Waals surface area contributed by atoms with Crippen LogP contribution < -0.4 is 10.6 Å². The van der Waals surface area contributed by atoms with Crippen molar-refractivity contribution in [1.82, 2.24) is 0 Å². The molecule has 0 aliphatic carbocycles. The smallest absolute Gasteiger partial charge is 0.241 e. The van der Waals surface area contributed by atoms with E-state index in [1.807, 2.05) is 30.3 Å². The van der Waals surface area contributed by atoms with E-state index in [4.69, 9.17) is 5.73 Å². The van der Waals surface area contributed by atoms with Crippen LogP contribution in [0.4, 0.5) is 11.4 Å². The second-order valence-corrected chi connectivity index (χ2v) is 4.79. The maximum Gasteiger partial charge on any atom is 0.241 e. The summed E-state index contributed by atoms with van der Waals surface area (Å²) in [5, 5.41) is 0. The minimum Gasteiger partial charge on any atom is -0.397 e. The summed E-state index contributed by atoms with van der Waals surface area (Å²) < 4.78 is 0. The maximum absolute atomic E-state index is 12.5. The summed E-state index contributed by atoms with van der Waals surface area (Å²) in [5.41, 5.74) is 7.63. The fourth-order valence-electron chi connectivity index (χ4n) is 2.52. The fourth-order valence-corrected chi connectivity index (χ4v) is 2.52. The predicted octanol–water partition coefficient (Wildman–Crippen LogP) is 2.32. The van der Waals surface area contributed by atoms with E-state index in [-0.39, 0.29) is 18.2 Å². The SMILES string of the molecule is Nc1ccccc1N1C(=O)CC(c2ccccc2)C1=O. The minimum absolute atomic E-state index is 0.192. The van der Waals surface area contributed by atoms with E-state index in [9.17, 15) is 9.59 Å². The van der Waals surface area contributed by atoms with Crippen molar-refractivity contribution in [2.75, 3.05) is 10.6 Å². The average Bonchev–Trinajstić information content (AvgIpc) is 2.76. The van der Waals surface area contributed by atoms with Crippen LogP contribution in [-0.2, 0) is 9.59 Å². The third-order valence-electron chi connectivity index (χ3n) is 3.53. The Kier molecular flexibility index (Phi) is 2.99. The summed E-state index contributed by atoms with van der Waals surface area (Å²) in [6.07, 6.45) is 0.192. The van der Waals surface area contributed by atoms with Crippen molar-refractivity contribution in [2.24, 2.45) is 0 Å². The van der Waals surface area contributed by atoms with Crippen LogP contribution in [0, 0.1) is 0 Å². The fraction of sp³-hybridized carbons (Fsp3) is 0.125. The van der Waals surface area contributed by atoms with Crippen LogP contribution in [0.25, 0.3) is 0 Å². The van der Waals surface area contributed by atoms with Crippen LogP contribution in [0.3, 0.4) is 0 Å². The summed E-state index contributed by atoms with van der Waals surface area (Å²) in [4.78, 5) is 25.9. The molecule has 0 aromatic heterocycles. The first-order chi connectivity index (χ1) is 9.68. The summed E-state index contributed by atoms with van der Waals surface area (Å²) in [5.74, 6) is -0.829. The number of nitrogens with zero attached hydrogens (tertiary/aromatic N) is 1. The molecule has 0 saturated carbocycles. The lowest BCUT2D eigenvalue weighted by Gasteiger charge is -2.17. The highest BCUT2D eigenvalue weighted by molar-refractivity contribution is 6.23. The third kappa shape index (κ3) is 1.95. The van der Waals surface area contributed by atoms with Gasteiger partial charge in [-0.25, -0.2) is 4.90 Å². The van der Waals surface area contributed by atoms with Gasteiger partial charge in [0.25, 0.3) is 0 Å². The third-order valence-corrected chi connectivity index (χ3v) is 3.53. The van der Waals surface area contributed by atoms with Gasteiger partial charge in [0, 0.05) is 6.42 Å². The second kappa shape index (κ2) is 4.81. The van der Waals surface area contributed by atoms with Crippen molar-refractivity contribution in [3.63, 3.8) is 0 Å². The molecule has 100 valence electrons. The van der Waals surface area contributed by atoms with Gasteiger partial charge in [0.1, 0.15) is 0 Å². The molecule has 1 fully saturated rings. The molecule has 0 radical (unpaired) electrons. The lowest BCUT2D eigenvalue weighted by Crippen LogP contribution is -2.30. The predicted molar refractivity (Wildman–Crippen MR) is 77.1 cm³/mol. The normalized spacial score (nSPS) is 18.6. The van der Waals surface area contributed by atoms with Gasteiger partial charge in [-0.05, 0) is 17.7 Å². The van der Waals surface area contributed by atoms with E-state index in [1.54, 1.807) is 24.3 Å². The van der Waals surface area contributed by atoms with Crippen LogP contribution in [-0.4, -0.2) is 11.8 Å². The molecule has 3 rings (SSSR count). The number of para-hydroxylation sites is 2. The molecule has 1 atom stereocenters. The van der Waals surface area contributed by atoms with Gasteiger partial charge in [0.05, 0.1) is 17.3 Å². The summed E-state index contributed by atoms with van der Waals surface area (Å²) in [7, 11) is 0. The van der Waals surface area contributed by atoms with Gasteiger partial charge in [-0.15, -0.1) is 0 Å². The van der Waals surface area contributed by atoms with Crippen molar-refractivity contribution in [1.29, 1.82) is 0 Å². The monoisotopic (exact) mass is 266 g/mol. The molecule has 2 amide bonds. The Morgan fingerprint density at radius 2 is 1.60 bits per heavy atom. The standard InChI is InChI=1S/C16H14N2O2/c17-13-8-4-5-9-14(13)18-15(19)10-12(16(18)20)11-6-2-1-3-7-11/h1-9,12H,10,17H2. The number of nitrogen functional groups attached to an aromatic ring is 1. The molecule has 2 N–H and O–H groups in total. The number of amides is 2. The molecule has 1 unspecified atom stereocenters. The van der Waals surface area contributed by atoms with Gasteiger partial charge in [0.15, 0.2) is 0 Å². The van der Waals surface area contributed by atoms with Gasteiger partial charge in [-0.1, -0.05) is 42.5 Å². The first-order valence-corrected chi connectivity index (χ1v) is 6.44. The van der Waals surface area contributed by atoms with Crippen LogP contribution in [0.5, 0.6) is 0 Å². The first-order valence-electron chi connectivity index (χ1n) is 6.44. The van der Waals surface area contributed by atoms with Gasteiger partial charge in [-0.3, -0.25) is 9.59 Å². The number of imide groups is 1. The molecule has 0 spiro atoms. The van der Waals surface area contributed by atoms with Crippen LogP contribution >= 0.6 is 0 Å². The zero-order valence-corrected chi connectivity index (χ0v) is 10.8. The van der Waals surface area contributed by atoms with E-state index >= 15 is 0 Å². The number of nitrogens with two attached hydrogens (primary N) is 1. The summed E-state index contributed by atoms with van der Waals surface area (Å²) >= 11 is 0. The molecule has 1 aliphatic heterocycles. The van der Waals surface area contributed by atoms with Crippen molar-refractivity contribution >= 4 is 23.2 Å². The Labute approximate surface area is 116 Å². The van der Waals surface area contributed by atoms with E-state index < -0.39 is 5.92 Å². The Balaban J connectivity index is 1.98. The second-order valence-electron chi connectivity index (χ2n) is 4.79. The van der Waals surface area contributed by atoms with Gasteiger partial charge < -0.3 is 5.73 Å². The number of anilines is 2. The van der Waals surface area contributed by atoms with E-state index in [0.717, 1.165) is 5.56 Å². The number of benzene rings is 2. The molecule has 1 aliphatic rings. The molecule has 2 aromatic rings. The zero-order valence-electron chi connectivity index (χ0n) is 10.8. The van der Waals surface area contributed by atoms with Crippen LogP contribution in [0.1, 0.15) is 17.9 Å². The van der Waals surface area contributed by atoms with Crippen LogP contribution in [0.15, 0.2) is 54.6 Å². The van der Waals surface area contributed by atoms with Crippen molar-refractivity contribution < 1.29 is 9.59 Å². The summed E-state index contributed by atoms with van der Waals surface area (Å²) in [6, 6.07) is 16.3. The number of carbonyl (C=O) groups is 2. The van der Waals surface area contributed by atoms with Gasteiger partial charge >= 0.3 is 0 Å². The Morgan fingerprint density at radius 1 is 0.950 bits per heavy atom. The van der Waals surface area contributed by atoms with Crippen molar-refractivity contribution in [3.8, 4) is 0 Å². The highest BCUT2D eigenvalue weighted by Crippen LogP contribution is 2.35. The Morgan fingerprint density at radius 3 is 2.30 bits per heavy atom. The average molecular weight is 266 g/mol. The minimum atomic E-state index is -0.414. The molecular weight excluding hydrogens is 252 g/mol. The number of carbonyl (C=O) groups excluding carboxylic acids is 2. The van der Waals surface area contributed by atoms with Gasteiger partial charge in [-0.2, -0.15) is 0 Å². The molecule has 1 heterocycles. The number of hydrogen-bond donors (Lipinski definition) is 1. The van der Waals surface area contributed by atoms with E-state index in [2.05, 4.69) is 0 Å². The quantitative estimate of drug-likeness (QED) is 0.670. The maximum atomic E-state index is 12.5. The molecule has 4 heteroatoms. The van der Waals surface area contributed by atoms with Crippen molar-refractivity contribution in [3.05, 3.63) is 60.2 Å². The Bertz CT molecular complexity index is 667. The van der Waals surface area contributed by atoms with Crippen LogP contribution in [0.2, 0.25) is 0 Å². The lowest BCUT2D eigenvalue weighted by atomic mass is 9.98. The topological polar surface area (TPSA) is 63.4 Å². The molecule has 0 bridgehead atoms. The molecule has 4 nitrogen and oxygen atoms in total. The first kappa shape index (κ1) is 12.4. The summed E-state index contributed by atoms with van der Waals surface area (Å²) in [6.45, 7) is 0. The van der Waals surface area contributed by atoms with Gasteiger partial charge in [0.2, 0.25) is 11.8 Å². The Hall–Kier alpha value is -2.62. The zero-order chi connectivity index (χ0) is 14.1. The molecular formula is C16H14N2O2. The van der Waals surface area contributed by atoms with E-state index in [1.165, 1.54) is 4.90 Å².